The first-order valence-corrected chi connectivity index (χ1v) is 12.3. The highest BCUT2D eigenvalue weighted by molar-refractivity contribution is 7.22. The Morgan fingerprint density at radius 2 is 1.97 bits per heavy atom. The Balaban J connectivity index is 1.37. The summed E-state index contributed by atoms with van der Waals surface area (Å²) >= 11 is 1.28. The van der Waals surface area contributed by atoms with Crippen LogP contribution >= 0.6 is 11.3 Å². The van der Waals surface area contributed by atoms with Crippen LogP contribution in [0.3, 0.4) is 0 Å². The molecule has 1 atom stereocenters. The van der Waals surface area contributed by atoms with E-state index in [4.69, 9.17) is 9.47 Å². The molecular formula is C26H19F2N5O4S. The molecule has 9 nitrogen and oxygen atoms in total. The first-order chi connectivity index (χ1) is 18.3. The minimum atomic E-state index is -1.20. The molecule has 0 radical (unpaired) electrons. The maximum absolute atomic E-state index is 15.1. The van der Waals surface area contributed by atoms with Crippen molar-refractivity contribution in [1.29, 1.82) is 0 Å². The maximum atomic E-state index is 15.1. The Morgan fingerprint density at radius 3 is 2.71 bits per heavy atom. The number of hydrogen-bond acceptors (Lipinski definition) is 8. The average molecular weight is 536 g/mol. The fourth-order valence-corrected chi connectivity index (χ4v) is 5.65. The van der Waals surface area contributed by atoms with Gasteiger partial charge in [-0.3, -0.25) is 9.88 Å². The lowest BCUT2D eigenvalue weighted by Gasteiger charge is -2.22. The van der Waals surface area contributed by atoms with E-state index in [0.717, 1.165) is 4.90 Å². The van der Waals surface area contributed by atoms with Gasteiger partial charge in [0.1, 0.15) is 28.5 Å². The summed E-state index contributed by atoms with van der Waals surface area (Å²) in [6.45, 7) is 1.64. The van der Waals surface area contributed by atoms with Crippen LogP contribution in [0, 0.1) is 18.6 Å². The summed E-state index contributed by atoms with van der Waals surface area (Å²) in [4.78, 5) is 30.2. The highest BCUT2D eigenvalue weighted by Gasteiger charge is 2.33. The summed E-state index contributed by atoms with van der Waals surface area (Å²) < 4.78 is 41.4. The number of hydrogen-bond donors (Lipinski definition) is 1. The van der Waals surface area contributed by atoms with Gasteiger partial charge in [-0.2, -0.15) is 0 Å². The molecule has 192 valence electrons. The number of halogens is 2. The van der Waals surface area contributed by atoms with Gasteiger partial charge in [0.25, 0.3) is 0 Å². The first kappa shape index (κ1) is 23.9. The molecular weight excluding hydrogens is 516 g/mol. The Morgan fingerprint density at radius 1 is 1.18 bits per heavy atom. The molecule has 0 saturated heterocycles. The molecule has 1 aliphatic rings. The second-order valence-electron chi connectivity index (χ2n) is 8.76. The highest BCUT2D eigenvalue weighted by atomic mass is 32.1. The topological polar surface area (TPSA) is 111 Å². The molecule has 2 aromatic carbocycles. The lowest BCUT2D eigenvalue weighted by Crippen LogP contribution is -2.38. The van der Waals surface area contributed by atoms with E-state index in [1.165, 1.54) is 49.0 Å². The number of thiazole rings is 1. The number of methoxy groups -OCH3 is 1. The molecule has 1 N–H and O–H groups in total. The zero-order chi connectivity index (χ0) is 26.6. The smallest absolute Gasteiger partial charge is 0.412 e. The van der Waals surface area contributed by atoms with Gasteiger partial charge in [-0.15, -0.1) is 11.3 Å². The molecule has 1 unspecified atom stereocenters. The van der Waals surface area contributed by atoms with Gasteiger partial charge in [-0.05, 0) is 25.1 Å². The minimum absolute atomic E-state index is 0.0523. The molecule has 1 aliphatic heterocycles. The van der Waals surface area contributed by atoms with Crippen molar-refractivity contribution < 1.29 is 28.2 Å². The van der Waals surface area contributed by atoms with E-state index in [1.54, 1.807) is 19.2 Å². The van der Waals surface area contributed by atoms with Crippen molar-refractivity contribution in [2.75, 3.05) is 18.6 Å². The standard InChI is InChI=1S/C26H19F2N5O4S/c1-12-29-8-15(9-30-12)33(26(34)35)11-17-6-19-23(37-17)20(28)7-21-24(19)38-25(32-21)18-5-14(27)3-13-4-16(36-2)10-31-22(13)18/h3-5,7-10,17H,6,11H2,1-2H3,(H,34,35). The molecule has 3 aromatic heterocycles. The first-order valence-electron chi connectivity index (χ1n) is 11.5. The van der Waals surface area contributed by atoms with Gasteiger partial charge in [0.15, 0.2) is 11.6 Å². The van der Waals surface area contributed by atoms with Crippen molar-refractivity contribution in [3.63, 3.8) is 0 Å². The molecule has 4 heterocycles. The van der Waals surface area contributed by atoms with E-state index in [9.17, 15) is 14.3 Å². The fraction of sp³-hybridized carbons (Fsp3) is 0.192. The molecule has 1 amide bonds. The van der Waals surface area contributed by atoms with Gasteiger partial charge in [0, 0.05) is 29.0 Å². The third kappa shape index (κ3) is 4.12. The van der Waals surface area contributed by atoms with E-state index < -0.39 is 23.8 Å². The van der Waals surface area contributed by atoms with Crippen molar-refractivity contribution in [1.82, 2.24) is 19.9 Å². The summed E-state index contributed by atoms with van der Waals surface area (Å²) in [6.07, 6.45) is 2.79. The number of ether oxygens (including phenoxy) is 2. The van der Waals surface area contributed by atoms with Crippen molar-refractivity contribution in [3.05, 3.63) is 65.9 Å². The molecule has 0 spiro atoms. The van der Waals surface area contributed by atoms with Crippen molar-refractivity contribution in [2.45, 2.75) is 19.4 Å². The summed E-state index contributed by atoms with van der Waals surface area (Å²) in [5.74, 6) is 0.00787. The number of fused-ring (bicyclic) bond motifs is 4. The molecule has 5 aromatic rings. The largest absolute Gasteiger partial charge is 0.495 e. The van der Waals surface area contributed by atoms with Crippen LogP contribution in [-0.4, -0.2) is 50.9 Å². The predicted octanol–water partition coefficient (Wildman–Crippen LogP) is 5.38. The number of benzene rings is 2. The van der Waals surface area contributed by atoms with Crippen LogP contribution in [0.5, 0.6) is 11.5 Å². The number of aryl methyl sites for hydroxylation is 1. The zero-order valence-corrected chi connectivity index (χ0v) is 20.9. The number of nitrogens with zero attached hydrogens (tertiary/aromatic N) is 5. The van der Waals surface area contributed by atoms with E-state index >= 15 is 4.39 Å². The molecule has 0 fully saturated rings. The summed E-state index contributed by atoms with van der Waals surface area (Å²) in [5.41, 5.74) is 2.29. The van der Waals surface area contributed by atoms with Gasteiger partial charge in [0.05, 0.1) is 53.7 Å². The summed E-state index contributed by atoms with van der Waals surface area (Å²) in [6, 6.07) is 5.68. The number of carbonyl (C=O) groups is 1. The number of rotatable bonds is 5. The molecule has 12 heteroatoms. The van der Waals surface area contributed by atoms with Crippen LogP contribution in [0.1, 0.15) is 11.4 Å². The Labute approximate surface area is 218 Å². The van der Waals surface area contributed by atoms with Crippen LogP contribution in [0.2, 0.25) is 0 Å². The number of pyridine rings is 1. The van der Waals surface area contributed by atoms with Gasteiger partial charge in [-0.1, -0.05) is 0 Å². The second kappa shape index (κ2) is 9.14. The Hall–Kier alpha value is -4.45. The van der Waals surface area contributed by atoms with E-state index in [1.807, 2.05) is 0 Å². The lowest BCUT2D eigenvalue weighted by molar-refractivity contribution is 0.190. The molecule has 0 aliphatic carbocycles. The minimum Gasteiger partial charge on any atom is -0.495 e. The number of aromatic nitrogens is 4. The Bertz CT molecular complexity index is 1730. The van der Waals surface area contributed by atoms with E-state index in [-0.39, 0.29) is 24.4 Å². The van der Waals surface area contributed by atoms with Gasteiger partial charge in [-0.25, -0.2) is 28.5 Å². The highest BCUT2D eigenvalue weighted by Crippen LogP contribution is 2.43. The quantitative estimate of drug-likeness (QED) is 0.319. The average Bonchev–Trinajstić information content (AvgIpc) is 3.51. The van der Waals surface area contributed by atoms with E-state index in [2.05, 4.69) is 19.9 Å². The third-order valence-electron chi connectivity index (χ3n) is 6.28. The van der Waals surface area contributed by atoms with Crippen LogP contribution in [0.4, 0.5) is 19.3 Å². The van der Waals surface area contributed by atoms with Crippen molar-refractivity contribution in [3.8, 4) is 22.1 Å². The molecule has 6 rings (SSSR count). The van der Waals surface area contributed by atoms with E-state index in [0.29, 0.717) is 48.8 Å². The van der Waals surface area contributed by atoms with Gasteiger partial charge < -0.3 is 14.6 Å². The van der Waals surface area contributed by atoms with Gasteiger partial charge >= 0.3 is 6.09 Å². The molecule has 0 bridgehead atoms. The van der Waals surface area contributed by atoms with Crippen LogP contribution in [0.15, 0.2) is 42.9 Å². The summed E-state index contributed by atoms with van der Waals surface area (Å²) in [7, 11) is 1.51. The normalized spacial score (nSPS) is 14.5. The van der Waals surface area contributed by atoms with Crippen LogP contribution in [-0.2, 0) is 6.42 Å². The number of carboxylic acid groups (broad SMARTS) is 1. The summed E-state index contributed by atoms with van der Waals surface area (Å²) in [5, 5.41) is 10.8. The number of anilines is 1. The fourth-order valence-electron chi connectivity index (χ4n) is 4.54. The van der Waals surface area contributed by atoms with Gasteiger partial charge in [0.2, 0.25) is 0 Å². The third-order valence-corrected chi connectivity index (χ3v) is 7.45. The van der Waals surface area contributed by atoms with Crippen LogP contribution < -0.4 is 14.4 Å². The maximum Gasteiger partial charge on any atom is 0.412 e. The SMILES string of the molecule is COc1cnc2c(-c3nc4cc(F)c5c(c4s3)CC(CN(C(=O)O)c3cnc(C)nc3)O5)cc(F)cc2c1. The zero-order valence-electron chi connectivity index (χ0n) is 20.1. The predicted molar refractivity (Wildman–Crippen MR) is 137 cm³/mol. The van der Waals surface area contributed by atoms with Crippen molar-refractivity contribution in [2.24, 2.45) is 0 Å². The van der Waals surface area contributed by atoms with Crippen molar-refractivity contribution >= 4 is 44.2 Å². The molecule has 38 heavy (non-hydrogen) atoms. The number of amides is 1. The lowest BCUT2D eigenvalue weighted by atomic mass is 10.1. The van der Waals surface area contributed by atoms with Crippen LogP contribution in [0.25, 0.3) is 31.7 Å². The monoisotopic (exact) mass is 535 g/mol. The Kier molecular flexibility index (Phi) is 5.75. The molecule has 0 saturated carbocycles. The second-order valence-corrected chi connectivity index (χ2v) is 9.76.